The Labute approximate surface area is 142 Å². The van der Waals surface area contributed by atoms with Gasteiger partial charge in [0.2, 0.25) is 5.91 Å². The van der Waals surface area contributed by atoms with Crippen molar-refractivity contribution in [3.05, 3.63) is 71.3 Å². The number of rotatable bonds is 7. The monoisotopic (exact) mass is 325 g/mol. The standard InChI is InChI=1S/C20H23NO3/c1-14-8-10-17(11-9-14)12-15(2)19(22)21-18(20(23)24)13-16-6-4-3-5-7-16/h3-11,15,18H,12-13H2,1-2H3,(H,21,22)(H,23,24)/t15?,18-/m1/s1. The molecule has 0 saturated heterocycles. The van der Waals surface area contributed by atoms with E-state index in [0.717, 1.165) is 11.1 Å². The summed E-state index contributed by atoms with van der Waals surface area (Å²) < 4.78 is 0. The van der Waals surface area contributed by atoms with Crippen LogP contribution in [0.15, 0.2) is 54.6 Å². The summed E-state index contributed by atoms with van der Waals surface area (Å²) in [6.45, 7) is 3.83. The topological polar surface area (TPSA) is 66.4 Å². The highest BCUT2D eigenvalue weighted by Gasteiger charge is 2.23. The zero-order valence-corrected chi connectivity index (χ0v) is 14.0. The highest BCUT2D eigenvalue weighted by Crippen LogP contribution is 2.11. The van der Waals surface area contributed by atoms with Gasteiger partial charge in [-0.15, -0.1) is 0 Å². The predicted octanol–water partition coefficient (Wildman–Crippen LogP) is 2.99. The zero-order valence-electron chi connectivity index (χ0n) is 14.0. The molecule has 0 aromatic heterocycles. The minimum Gasteiger partial charge on any atom is -0.480 e. The minimum absolute atomic E-state index is 0.237. The van der Waals surface area contributed by atoms with Crippen molar-refractivity contribution >= 4 is 11.9 Å². The van der Waals surface area contributed by atoms with Crippen LogP contribution < -0.4 is 5.32 Å². The molecule has 0 heterocycles. The van der Waals surface area contributed by atoms with Crippen LogP contribution in [-0.2, 0) is 22.4 Å². The van der Waals surface area contributed by atoms with Gasteiger partial charge in [-0.3, -0.25) is 4.79 Å². The third-order valence-electron chi connectivity index (χ3n) is 4.01. The second kappa shape index (κ2) is 8.29. The molecule has 1 unspecified atom stereocenters. The first-order valence-corrected chi connectivity index (χ1v) is 8.08. The molecule has 2 aromatic rings. The number of benzene rings is 2. The van der Waals surface area contributed by atoms with Gasteiger partial charge in [0.15, 0.2) is 0 Å². The predicted molar refractivity (Wildman–Crippen MR) is 93.8 cm³/mol. The quantitative estimate of drug-likeness (QED) is 0.822. The third-order valence-corrected chi connectivity index (χ3v) is 4.01. The normalized spacial score (nSPS) is 13.1. The van der Waals surface area contributed by atoms with Gasteiger partial charge in [0.1, 0.15) is 6.04 Å². The number of carbonyl (C=O) groups excluding carboxylic acids is 1. The van der Waals surface area contributed by atoms with Crippen LogP contribution in [-0.4, -0.2) is 23.0 Å². The molecule has 0 aliphatic rings. The lowest BCUT2D eigenvalue weighted by molar-refractivity contribution is -0.142. The summed E-state index contributed by atoms with van der Waals surface area (Å²) in [5.41, 5.74) is 3.12. The van der Waals surface area contributed by atoms with Crippen LogP contribution in [0.25, 0.3) is 0 Å². The molecule has 2 atom stereocenters. The number of amides is 1. The first kappa shape index (κ1) is 17.7. The van der Waals surface area contributed by atoms with Crippen molar-refractivity contribution in [2.75, 3.05) is 0 Å². The fourth-order valence-corrected chi connectivity index (χ4v) is 2.53. The van der Waals surface area contributed by atoms with E-state index in [9.17, 15) is 14.7 Å². The highest BCUT2D eigenvalue weighted by molar-refractivity contribution is 5.85. The van der Waals surface area contributed by atoms with Gasteiger partial charge in [-0.05, 0) is 24.5 Å². The van der Waals surface area contributed by atoms with Crippen LogP contribution in [0.1, 0.15) is 23.6 Å². The second-order valence-electron chi connectivity index (χ2n) is 6.18. The molecule has 0 aliphatic carbocycles. The van der Waals surface area contributed by atoms with Gasteiger partial charge in [0.05, 0.1) is 0 Å². The Balaban J connectivity index is 1.96. The van der Waals surface area contributed by atoms with Gasteiger partial charge in [0.25, 0.3) is 0 Å². The van der Waals surface area contributed by atoms with E-state index in [1.165, 1.54) is 5.56 Å². The van der Waals surface area contributed by atoms with Crippen LogP contribution in [0.2, 0.25) is 0 Å². The average Bonchev–Trinajstić information content (AvgIpc) is 2.57. The van der Waals surface area contributed by atoms with Gasteiger partial charge in [-0.2, -0.15) is 0 Å². The maximum Gasteiger partial charge on any atom is 0.326 e. The summed E-state index contributed by atoms with van der Waals surface area (Å²) in [7, 11) is 0. The van der Waals surface area contributed by atoms with E-state index in [-0.39, 0.29) is 18.2 Å². The van der Waals surface area contributed by atoms with Crippen LogP contribution in [0.3, 0.4) is 0 Å². The first-order chi connectivity index (χ1) is 11.5. The summed E-state index contributed by atoms with van der Waals surface area (Å²) in [5.74, 6) is -1.54. The van der Waals surface area contributed by atoms with E-state index in [1.54, 1.807) is 0 Å². The highest BCUT2D eigenvalue weighted by atomic mass is 16.4. The van der Waals surface area contributed by atoms with E-state index in [1.807, 2.05) is 68.4 Å². The second-order valence-corrected chi connectivity index (χ2v) is 6.18. The lowest BCUT2D eigenvalue weighted by atomic mass is 9.98. The summed E-state index contributed by atoms with van der Waals surface area (Å²) in [6.07, 6.45) is 0.864. The molecule has 0 radical (unpaired) electrons. The van der Waals surface area contributed by atoms with E-state index in [2.05, 4.69) is 5.32 Å². The fourth-order valence-electron chi connectivity index (χ4n) is 2.53. The Morgan fingerprint density at radius 3 is 2.12 bits per heavy atom. The van der Waals surface area contributed by atoms with Gasteiger partial charge in [-0.25, -0.2) is 4.79 Å². The van der Waals surface area contributed by atoms with E-state index < -0.39 is 12.0 Å². The first-order valence-electron chi connectivity index (χ1n) is 8.08. The number of carboxylic acid groups (broad SMARTS) is 1. The summed E-state index contributed by atoms with van der Waals surface area (Å²) >= 11 is 0. The van der Waals surface area contributed by atoms with Gasteiger partial charge < -0.3 is 10.4 Å². The van der Waals surface area contributed by atoms with E-state index in [4.69, 9.17) is 0 Å². The molecule has 24 heavy (non-hydrogen) atoms. The largest absolute Gasteiger partial charge is 0.480 e. The number of aryl methyl sites for hydroxylation is 1. The molecule has 2 aromatic carbocycles. The lowest BCUT2D eigenvalue weighted by Crippen LogP contribution is -2.44. The number of carboxylic acids is 1. The molecule has 126 valence electrons. The summed E-state index contributed by atoms with van der Waals surface area (Å²) in [4.78, 5) is 23.8. The van der Waals surface area contributed by atoms with E-state index >= 15 is 0 Å². The number of hydrogen-bond donors (Lipinski definition) is 2. The van der Waals surface area contributed by atoms with Gasteiger partial charge >= 0.3 is 5.97 Å². The van der Waals surface area contributed by atoms with Crippen LogP contribution in [0.5, 0.6) is 0 Å². The van der Waals surface area contributed by atoms with Gasteiger partial charge in [-0.1, -0.05) is 67.1 Å². The molecule has 0 saturated carbocycles. The molecule has 0 aliphatic heterocycles. The molecule has 1 amide bonds. The third kappa shape index (κ3) is 5.23. The molecule has 0 fully saturated rings. The summed E-state index contributed by atoms with van der Waals surface area (Å²) in [6, 6.07) is 16.4. The van der Waals surface area contributed by atoms with Crippen LogP contribution in [0.4, 0.5) is 0 Å². The Morgan fingerprint density at radius 2 is 1.54 bits per heavy atom. The lowest BCUT2D eigenvalue weighted by Gasteiger charge is -2.18. The smallest absolute Gasteiger partial charge is 0.326 e. The maximum absolute atomic E-state index is 12.3. The Kier molecular flexibility index (Phi) is 6.13. The number of aliphatic carboxylic acids is 1. The Hall–Kier alpha value is -2.62. The van der Waals surface area contributed by atoms with E-state index in [0.29, 0.717) is 6.42 Å². The molecule has 0 spiro atoms. The average molecular weight is 325 g/mol. The van der Waals surface area contributed by atoms with Crippen molar-refractivity contribution in [2.45, 2.75) is 32.7 Å². The molecule has 4 heteroatoms. The number of carbonyl (C=O) groups is 2. The summed E-state index contributed by atoms with van der Waals surface area (Å²) in [5, 5.41) is 12.0. The minimum atomic E-state index is -1.02. The molecule has 4 nitrogen and oxygen atoms in total. The zero-order chi connectivity index (χ0) is 17.5. The van der Waals surface area contributed by atoms with Gasteiger partial charge in [0, 0.05) is 12.3 Å². The van der Waals surface area contributed by atoms with Crippen molar-refractivity contribution in [1.82, 2.24) is 5.32 Å². The molecule has 0 bridgehead atoms. The van der Waals surface area contributed by atoms with Crippen molar-refractivity contribution in [2.24, 2.45) is 5.92 Å². The SMILES string of the molecule is Cc1ccc(CC(C)C(=O)N[C@H](Cc2ccccc2)C(=O)O)cc1. The van der Waals surface area contributed by atoms with Crippen molar-refractivity contribution in [3.63, 3.8) is 0 Å². The van der Waals surface area contributed by atoms with Crippen LogP contribution >= 0.6 is 0 Å². The fraction of sp³-hybridized carbons (Fsp3) is 0.300. The molecule has 2 rings (SSSR count). The Bertz CT molecular complexity index is 680. The molecular formula is C20H23NO3. The molecule has 2 N–H and O–H groups in total. The maximum atomic E-state index is 12.3. The number of hydrogen-bond acceptors (Lipinski definition) is 2. The van der Waals surface area contributed by atoms with Crippen molar-refractivity contribution in [1.29, 1.82) is 0 Å². The van der Waals surface area contributed by atoms with Crippen molar-refractivity contribution in [3.8, 4) is 0 Å². The molecular weight excluding hydrogens is 302 g/mol. The Morgan fingerprint density at radius 1 is 0.958 bits per heavy atom. The number of nitrogens with one attached hydrogen (secondary N) is 1. The van der Waals surface area contributed by atoms with Crippen molar-refractivity contribution < 1.29 is 14.7 Å². The van der Waals surface area contributed by atoms with Crippen LogP contribution in [0, 0.1) is 12.8 Å².